The van der Waals surface area contributed by atoms with Crippen molar-refractivity contribution in [1.29, 1.82) is 0 Å². The predicted octanol–water partition coefficient (Wildman–Crippen LogP) is 3.86. The number of aliphatic hydroxyl groups excluding tert-OH is 1. The third-order valence-electron chi connectivity index (χ3n) is 7.32. The van der Waals surface area contributed by atoms with Gasteiger partial charge in [-0.3, -0.25) is 9.48 Å². The number of carbonyl (C=O) groups is 1. The first-order valence-corrected chi connectivity index (χ1v) is 11.0. The number of aromatic nitrogens is 2. The van der Waals surface area contributed by atoms with Crippen molar-refractivity contribution >= 4 is 5.91 Å². The zero-order valence-corrected chi connectivity index (χ0v) is 17.8. The number of hydrogen-bond donors (Lipinski definition) is 1. The maximum absolute atomic E-state index is 13.2. The van der Waals surface area contributed by atoms with Gasteiger partial charge in [-0.15, -0.1) is 0 Å². The second kappa shape index (κ2) is 7.05. The molecule has 3 aliphatic rings. The van der Waals surface area contributed by atoms with Gasteiger partial charge in [0.15, 0.2) is 5.75 Å². The van der Waals surface area contributed by atoms with E-state index in [0.717, 1.165) is 44.4 Å². The van der Waals surface area contributed by atoms with Crippen molar-refractivity contribution in [1.82, 2.24) is 14.7 Å². The van der Waals surface area contributed by atoms with E-state index in [9.17, 15) is 9.90 Å². The molecule has 6 nitrogen and oxygen atoms in total. The minimum absolute atomic E-state index is 0.199. The van der Waals surface area contributed by atoms with Crippen LogP contribution in [0.3, 0.4) is 0 Å². The number of aliphatic hydroxyl groups is 1. The highest BCUT2D eigenvalue weighted by Gasteiger charge is 2.47. The lowest BCUT2D eigenvalue weighted by atomic mass is 9.71. The van der Waals surface area contributed by atoms with E-state index in [1.54, 1.807) is 0 Å². The molecule has 1 saturated carbocycles. The first kappa shape index (κ1) is 19.7. The molecule has 1 unspecified atom stereocenters. The van der Waals surface area contributed by atoms with Crippen molar-refractivity contribution in [3.8, 4) is 5.75 Å². The topological polar surface area (TPSA) is 67.6 Å². The van der Waals surface area contributed by atoms with Crippen LogP contribution >= 0.6 is 0 Å². The Morgan fingerprint density at radius 2 is 1.89 bits per heavy atom. The molecule has 1 saturated heterocycles. The molecule has 28 heavy (non-hydrogen) atoms. The lowest BCUT2D eigenvalue weighted by Crippen LogP contribution is -2.54. The van der Waals surface area contributed by atoms with Crippen molar-refractivity contribution in [2.75, 3.05) is 13.1 Å². The summed E-state index contributed by atoms with van der Waals surface area (Å²) in [5.74, 6) is 1.77. The molecule has 0 radical (unpaired) electrons. The van der Waals surface area contributed by atoms with Gasteiger partial charge in [0.05, 0.1) is 6.20 Å². The number of carbonyl (C=O) groups excluding carboxylic acids is 1. The summed E-state index contributed by atoms with van der Waals surface area (Å²) in [7, 11) is 0. The average molecular weight is 390 g/mol. The number of hydrogen-bond acceptors (Lipinski definition) is 4. The number of likely N-dealkylation sites (tertiary alicyclic amines) is 1. The third-order valence-corrected chi connectivity index (χ3v) is 7.32. The van der Waals surface area contributed by atoms with Crippen molar-refractivity contribution in [2.45, 2.75) is 90.4 Å². The summed E-state index contributed by atoms with van der Waals surface area (Å²) < 4.78 is 8.25. The molecular weight excluding hydrogens is 354 g/mol. The molecule has 2 fully saturated rings. The van der Waals surface area contributed by atoms with Crippen LogP contribution in [0.4, 0.5) is 0 Å². The average Bonchev–Trinajstić information content (AvgIpc) is 3.09. The van der Waals surface area contributed by atoms with Crippen LogP contribution in [0.2, 0.25) is 0 Å². The smallest absolute Gasteiger partial charge is 0.228 e. The Morgan fingerprint density at radius 3 is 2.50 bits per heavy atom. The Labute approximate surface area is 168 Å². The molecular formula is C22H35N3O3. The maximum Gasteiger partial charge on any atom is 0.228 e. The second-order valence-corrected chi connectivity index (χ2v) is 9.99. The fraction of sp³-hybridized carbons (Fsp3) is 0.818. The summed E-state index contributed by atoms with van der Waals surface area (Å²) in [4.78, 5) is 15.3. The third kappa shape index (κ3) is 3.44. The SMILES string of the molecule is CC1CCC(C)(C(=O)N2CCC3(CC2)CC(O)c2nn(C(C)C)cc2O3)CC1. The standard InChI is InChI=1S/C22H35N3O3/c1-15(2)25-14-18-19(23-25)17(26)13-22(28-18)9-11-24(12-10-22)20(27)21(4)7-5-16(3)6-8-21/h14-17,26H,5-13H2,1-4H3. The zero-order valence-electron chi connectivity index (χ0n) is 17.8. The van der Waals surface area contributed by atoms with Gasteiger partial charge in [0.25, 0.3) is 0 Å². The van der Waals surface area contributed by atoms with Crippen molar-refractivity contribution < 1.29 is 14.6 Å². The molecule has 1 amide bonds. The summed E-state index contributed by atoms with van der Waals surface area (Å²) in [6.45, 7) is 10.00. The number of piperidine rings is 1. The zero-order chi connectivity index (χ0) is 20.1. The van der Waals surface area contributed by atoms with E-state index in [-0.39, 0.29) is 17.1 Å². The van der Waals surface area contributed by atoms with Crippen molar-refractivity contribution in [3.63, 3.8) is 0 Å². The van der Waals surface area contributed by atoms with Crippen LogP contribution in [0.1, 0.15) is 90.5 Å². The normalized spacial score (nSPS) is 32.3. The molecule has 1 spiro atoms. The first-order chi connectivity index (χ1) is 13.2. The number of rotatable bonds is 2. The number of amides is 1. The lowest BCUT2D eigenvalue weighted by molar-refractivity contribution is -0.148. The molecule has 2 aliphatic heterocycles. The predicted molar refractivity (Wildman–Crippen MR) is 107 cm³/mol. The summed E-state index contributed by atoms with van der Waals surface area (Å²) >= 11 is 0. The molecule has 156 valence electrons. The monoisotopic (exact) mass is 389 g/mol. The van der Waals surface area contributed by atoms with Crippen LogP contribution < -0.4 is 4.74 Å². The molecule has 1 aromatic rings. The van der Waals surface area contributed by atoms with Gasteiger partial charge in [0, 0.05) is 43.8 Å². The molecule has 1 N–H and O–H groups in total. The molecule has 4 rings (SSSR count). The van der Waals surface area contributed by atoms with Crippen LogP contribution in [0, 0.1) is 11.3 Å². The van der Waals surface area contributed by atoms with Gasteiger partial charge < -0.3 is 14.7 Å². The Bertz CT molecular complexity index is 725. The van der Waals surface area contributed by atoms with Crippen molar-refractivity contribution in [2.24, 2.45) is 11.3 Å². The molecule has 0 bridgehead atoms. The van der Waals surface area contributed by atoms with Gasteiger partial charge in [-0.2, -0.15) is 5.10 Å². The quantitative estimate of drug-likeness (QED) is 0.834. The number of nitrogens with zero attached hydrogens (tertiary/aromatic N) is 3. The molecule has 3 heterocycles. The van der Waals surface area contributed by atoms with E-state index in [1.807, 2.05) is 15.8 Å². The fourth-order valence-electron chi connectivity index (χ4n) is 5.11. The fourth-order valence-corrected chi connectivity index (χ4v) is 5.11. The van der Waals surface area contributed by atoms with E-state index in [2.05, 4.69) is 32.8 Å². The highest BCUT2D eigenvalue weighted by molar-refractivity contribution is 5.82. The van der Waals surface area contributed by atoms with Crippen LogP contribution in [0.15, 0.2) is 6.20 Å². The van der Waals surface area contributed by atoms with Gasteiger partial charge in [0.1, 0.15) is 17.4 Å². The molecule has 0 aromatic carbocycles. The molecule has 1 aliphatic carbocycles. The Morgan fingerprint density at radius 1 is 1.25 bits per heavy atom. The maximum atomic E-state index is 13.2. The van der Waals surface area contributed by atoms with Gasteiger partial charge in [-0.05, 0) is 45.4 Å². The van der Waals surface area contributed by atoms with Crippen LogP contribution in [-0.2, 0) is 4.79 Å². The first-order valence-electron chi connectivity index (χ1n) is 11.0. The van der Waals surface area contributed by atoms with E-state index in [4.69, 9.17) is 4.74 Å². The molecule has 6 heteroatoms. The minimum Gasteiger partial charge on any atom is -0.483 e. The largest absolute Gasteiger partial charge is 0.483 e. The Hall–Kier alpha value is -1.56. The summed E-state index contributed by atoms with van der Waals surface area (Å²) in [5, 5.41) is 15.2. The summed E-state index contributed by atoms with van der Waals surface area (Å²) in [6.07, 6.45) is 7.73. The van der Waals surface area contributed by atoms with Gasteiger partial charge >= 0.3 is 0 Å². The van der Waals surface area contributed by atoms with Gasteiger partial charge in [-0.25, -0.2) is 0 Å². The molecule has 1 atom stereocenters. The van der Waals surface area contributed by atoms with E-state index >= 15 is 0 Å². The Kier molecular flexibility index (Phi) is 4.97. The van der Waals surface area contributed by atoms with Crippen LogP contribution in [0.5, 0.6) is 5.75 Å². The molecule has 1 aromatic heterocycles. The number of ether oxygens (including phenoxy) is 1. The highest BCUT2D eigenvalue weighted by Crippen LogP contribution is 2.45. The highest BCUT2D eigenvalue weighted by atomic mass is 16.5. The van der Waals surface area contributed by atoms with Crippen LogP contribution in [-0.4, -0.2) is 44.4 Å². The van der Waals surface area contributed by atoms with Crippen molar-refractivity contribution in [3.05, 3.63) is 11.9 Å². The van der Waals surface area contributed by atoms with E-state index < -0.39 is 6.10 Å². The van der Waals surface area contributed by atoms with Gasteiger partial charge in [-0.1, -0.05) is 13.8 Å². The van der Waals surface area contributed by atoms with E-state index in [0.29, 0.717) is 36.9 Å². The summed E-state index contributed by atoms with van der Waals surface area (Å²) in [5.41, 5.74) is 0.0765. The minimum atomic E-state index is -0.594. The van der Waals surface area contributed by atoms with E-state index in [1.165, 1.54) is 0 Å². The second-order valence-electron chi connectivity index (χ2n) is 9.99. The van der Waals surface area contributed by atoms with Crippen LogP contribution in [0.25, 0.3) is 0 Å². The van der Waals surface area contributed by atoms with Gasteiger partial charge in [0.2, 0.25) is 5.91 Å². The summed E-state index contributed by atoms with van der Waals surface area (Å²) in [6, 6.07) is 0.232. The Balaban J connectivity index is 1.43. The number of fused-ring (bicyclic) bond motifs is 1. The lowest BCUT2D eigenvalue weighted by Gasteiger charge is -2.47.